The van der Waals surface area contributed by atoms with Crippen molar-refractivity contribution in [1.82, 2.24) is 4.90 Å². The second-order valence-corrected chi connectivity index (χ2v) is 8.30. The standard InChI is InChI=1S/C24H22N2O8S.ClH/c1-3-6-17-9-16(12-20-23(29)25(13-21(27)28)24(30)35-20)11-19(33-4-2)22(17)34-14-15-7-5-8-18(10-15)26(31)32;/h3,5,7-12H,1,4,6,13-14H2,2H3,(H,27,28);1H/b20-12+;. The second kappa shape index (κ2) is 12.8. The number of aliphatic carboxylic acids is 1. The SMILES string of the molecule is C=CCc1cc(/C=C2/SC(=O)N(CC(=O)O)C2=O)cc(OCC)c1OCc1cccc([N+](=O)[O-])c1.Cl. The number of nitro benzene ring substituents is 1. The van der Waals surface area contributed by atoms with Gasteiger partial charge in [-0.05, 0) is 54.4 Å². The summed E-state index contributed by atoms with van der Waals surface area (Å²) >= 11 is 0.660. The van der Waals surface area contributed by atoms with Crippen LogP contribution in [-0.2, 0) is 22.6 Å². The Labute approximate surface area is 217 Å². The fourth-order valence-corrected chi connectivity index (χ4v) is 4.18. The lowest BCUT2D eigenvalue weighted by Gasteiger charge is -2.17. The lowest BCUT2D eigenvalue weighted by atomic mass is 10.0. The molecule has 0 atom stereocenters. The normalized spacial score (nSPS) is 13.9. The lowest BCUT2D eigenvalue weighted by Crippen LogP contribution is -2.33. The first-order chi connectivity index (χ1) is 16.7. The molecule has 3 rings (SSSR count). The number of carbonyl (C=O) groups is 3. The molecule has 1 aliphatic rings. The maximum absolute atomic E-state index is 12.5. The minimum absolute atomic E-state index is 0. The first-order valence-corrected chi connectivity index (χ1v) is 11.3. The summed E-state index contributed by atoms with van der Waals surface area (Å²) in [5, 5.41) is 19.3. The molecule has 0 spiro atoms. The van der Waals surface area contributed by atoms with Gasteiger partial charge in [-0.2, -0.15) is 0 Å². The van der Waals surface area contributed by atoms with Crippen LogP contribution in [0.25, 0.3) is 6.08 Å². The van der Waals surface area contributed by atoms with E-state index in [1.54, 1.807) is 37.3 Å². The Morgan fingerprint density at radius 2 is 2.00 bits per heavy atom. The minimum atomic E-state index is -1.29. The summed E-state index contributed by atoms with van der Waals surface area (Å²) in [7, 11) is 0. The molecule has 190 valence electrons. The molecule has 10 nitrogen and oxygen atoms in total. The Bertz CT molecular complexity index is 1230. The topological polar surface area (TPSA) is 136 Å². The molecule has 0 bridgehead atoms. The number of imide groups is 1. The molecule has 0 saturated carbocycles. The predicted octanol–water partition coefficient (Wildman–Crippen LogP) is 4.84. The number of rotatable bonds is 11. The van der Waals surface area contributed by atoms with Crippen molar-refractivity contribution in [3.05, 3.63) is 80.8 Å². The Kier molecular flexibility index (Phi) is 10.1. The zero-order valence-electron chi connectivity index (χ0n) is 19.2. The summed E-state index contributed by atoms with van der Waals surface area (Å²) in [6, 6.07) is 9.50. The van der Waals surface area contributed by atoms with E-state index in [1.807, 2.05) is 0 Å². The number of ether oxygens (including phenoxy) is 2. The largest absolute Gasteiger partial charge is 0.490 e. The van der Waals surface area contributed by atoms with Crippen LogP contribution in [-0.4, -0.2) is 45.2 Å². The molecule has 0 radical (unpaired) electrons. The molecular weight excluding hydrogens is 512 g/mol. The van der Waals surface area contributed by atoms with E-state index >= 15 is 0 Å². The summed E-state index contributed by atoms with van der Waals surface area (Å²) < 4.78 is 11.8. The van der Waals surface area contributed by atoms with Gasteiger partial charge in [0.15, 0.2) is 11.5 Å². The van der Waals surface area contributed by atoms with Gasteiger partial charge >= 0.3 is 5.97 Å². The van der Waals surface area contributed by atoms with E-state index in [-0.39, 0.29) is 29.6 Å². The predicted molar refractivity (Wildman–Crippen MR) is 137 cm³/mol. The van der Waals surface area contributed by atoms with Gasteiger partial charge in [0.25, 0.3) is 16.8 Å². The Hall–Kier alpha value is -3.83. The van der Waals surface area contributed by atoms with Crippen molar-refractivity contribution < 1.29 is 33.9 Å². The Morgan fingerprint density at radius 1 is 1.25 bits per heavy atom. The lowest BCUT2D eigenvalue weighted by molar-refractivity contribution is -0.384. The zero-order chi connectivity index (χ0) is 25.5. The molecule has 1 saturated heterocycles. The molecule has 0 aliphatic carbocycles. The van der Waals surface area contributed by atoms with Crippen molar-refractivity contribution in [3.8, 4) is 11.5 Å². The molecule has 1 aliphatic heterocycles. The fraction of sp³-hybridized carbons (Fsp3) is 0.208. The maximum atomic E-state index is 12.5. The monoisotopic (exact) mass is 534 g/mol. The highest BCUT2D eigenvalue weighted by molar-refractivity contribution is 8.18. The maximum Gasteiger partial charge on any atom is 0.323 e. The van der Waals surface area contributed by atoms with Gasteiger partial charge in [-0.25, -0.2) is 0 Å². The van der Waals surface area contributed by atoms with Gasteiger partial charge in [0.1, 0.15) is 13.2 Å². The highest BCUT2D eigenvalue weighted by Crippen LogP contribution is 2.37. The number of benzene rings is 2. The van der Waals surface area contributed by atoms with Crippen molar-refractivity contribution in [2.45, 2.75) is 20.0 Å². The van der Waals surface area contributed by atoms with E-state index in [0.29, 0.717) is 57.9 Å². The summed E-state index contributed by atoms with van der Waals surface area (Å²) in [5.74, 6) is -1.16. The molecular formula is C24H23ClN2O8S. The number of hydrogen-bond acceptors (Lipinski definition) is 8. The van der Waals surface area contributed by atoms with Gasteiger partial charge in [-0.3, -0.25) is 29.4 Å². The molecule has 2 aromatic rings. The van der Waals surface area contributed by atoms with Crippen molar-refractivity contribution in [3.63, 3.8) is 0 Å². The van der Waals surface area contributed by atoms with Gasteiger partial charge in [-0.1, -0.05) is 18.2 Å². The molecule has 0 aromatic heterocycles. The third-order valence-corrected chi connectivity index (χ3v) is 5.69. The molecule has 1 heterocycles. The van der Waals surface area contributed by atoms with Crippen LogP contribution in [0.5, 0.6) is 11.5 Å². The summed E-state index contributed by atoms with van der Waals surface area (Å²) in [6.45, 7) is 5.22. The second-order valence-electron chi connectivity index (χ2n) is 7.31. The van der Waals surface area contributed by atoms with Gasteiger partial charge in [0.2, 0.25) is 0 Å². The number of nitrogens with zero attached hydrogens (tertiary/aromatic N) is 2. The molecule has 1 fully saturated rings. The molecule has 0 unspecified atom stereocenters. The van der Waals surface area contributed by atoms with Crippen molar-refractivity contribution >= 4 is 53.0 Å². The van der Waals surface area contributed by atoms with E-state index in [9.17, 15) is 24.5 Å². The van der Waals surface area contributed by atoms with E-state index in [0.717, 1.165) is 0 Å². The summed E-state index contributed by atoms with van der Waals surface area (Å²) in [6.07, 6.45) is 3.55. The number of allylic oxidation sites excluding steroid dienone is 1. The Balaban J connectivity index is 0.00000456. The van der Waals surface area contributed by atoms with Crippen LogP contribution < -0.4 is 9.47 Å². The smallest absolute Gasteiger partial charge is 0.323 e. The van der Waals surface area contributed by atoms with Crippen LogP contribution in [0.2, 0.25) is 0 Å². The highest BCUT2D eigenvalue weighted by Gasteiger charge is 2.36. The van der Waals surface area contributed by atoms with Crippen LogP contribution in [0.1, 0.15) is 23.6 Å². The van der Waals surface area contributed by atoms with Crippen LogP contribution >= 0.6 is 24.2 Å². The minimum Gasteiger partial charge on any atom is -0.490 e. The third kappa shape index (κ3) is 6.86. The summed E-state index contributed by atoms with van der Waals surface area (Å²) in [5.41, 5.74) is 1.79. The number of carbonyl (C=O) groups excluding carboxylic acids is 2. The number of halogens is 1. The average molecular weight is 535 g/mol. The van der Waals surface area contributed by atoms with Gasteiger partial charge in [-0.15, -0.1) is 19.0 Å². The van der Waals surface area contributed by atoms with E-state index in [1.165, 1.54) is 18.2 Å². The number of non-ortho nitro benzene ring substituents is 1. The molecule has 12 heteroatoms. The van der Waals surface area contributed by atoms with E-state index < -0.39 is 28.6 Å². The summed E-state index contributed by atoms with van der Waals surface area (Å²) in [4.78, 5) is 46.9. The van der Waals surface area contributed by atoms with E-state index in [4.69, 9.17) is 14.6 Å². The quantitative estimate of drug-likeness (QED) is 0.186. The number of carboxylic acids is 1. The van der Waals surface area contributed by atoms with E-state index in [2.05, 4.69) is 6.58 Å². The molecule has 1 N–H and O–H groups in total. The number of hydrogen-bond donors (Lipinski definition) is 1. The third-order valence-electron chi connectivity index (χ3n) is 4.79. The number of nitro groups is 1. The number of carboxylic acid groups (broad SMARTS) is 1. The molecule has 36 heavy (non-hydrogen) atoms. The van der Waals surface area contributed by atoms with Gasteiger partial charge in [0.05, 0.1) is 16.4 Å². The van der Waals surface area contributed by atoms with Crippen LogP contribution in [0, 0.1) is 10.1 Å². The highest BCUT2D eigenvalue weighted by atomic mass is 35.5. The molecule has 2 amide bonds. The average Bonchev–Trinajstić information content (AvgIpc) is 3.06. The number of amides is 2. The van der Waals surface area contributed by atoms with Gasteiger partial charge < -0.3 is 14.6 Å². The van der Waals surface area contributed by atoms with Crippen LogP contribution in [0.4, 0.5) is 10.5 Å². The fourth-order valence-electron chi connectivity index (χ4n) is 3.34. The first kappa shape index (κ1) is 28.4. The first-order valence-electron chi connectivity index (χ1n) is 10.5. The van der Waals surface area contributed by atoms with Crippen LogP contribution in [0.3, 0.4) is 0 Å². The van der Waals surface area contributed by atoms with Crippen LogP contribution in [0.15, 0.2) is 54.0 Å². The zero-order valence-corrected chi connectivity index (χ0v) is 20.8. The molecule has 2 aromatic carbocycles. The Morgan fingerprint density at radius 3 is 2.64 bits per heavy atom. The van der Waals surface area contributed by atoms with Crippen molar-refractivity contribution in [1.29, 1.82) is 0 Å². The van der Waals surface area contributed by atoms with Crippen molar-refractivity contribution in [2.75, 3.05) is 13.2 Å². The number of thioether (sulfide) groups is 1. The van der Waals surface area contributed by atoms with Crippen molar-refractivity contribution in [2.24, 2.45) is 0 Å². The van der Waals surface area contributed by atoms with Gasteiger partial charge in [0, 0.05) is 17.7 Å².